The van der Waals surface area contributed by atoms with E-state index in [9.17, 15) is 13.9 Å². The number of hydrogen-bond acceptors (Lipinski definition) is 3. The normalized spacial score (nSPS) is 20.3. The molecule has 0 spiro atoms. The number of rotatable bonds is 2. The lowest BCUT2D eigenvalue weighted by Gasteiger charge is -2.03. The molecule has 1 N–H and O–H groups in total. The summed E-state index contributed by atoms with van der Waals surface area (Å²) in [7, 11) is 0. The summed E-state index contributed by atoms with van der Waals surface area (Å²) in [5.74, 6) is -3.72. The van der Waals surface area contributed by atoms with Crippen molar-refractivity contribution in [1.29, 1.82) is 0 Å². The van der Waals surface area contributed by atoms with E-state index in [1.807, 2.05) is 0 Å². The Bertz CT molecular complexity index is 305. The van der Waals surface area contributed by atoms with E-state index in [4.69, 9.17) is 0 Å². The molecule has 1 heterocycles. The minimum atomic E-state index is -3.08. The summed E-state index contributed by atoms with van der Waals surface area (Å²) in [6.45, 7) is 0.708. The van der Waals surface area contributed by atoms with Gasteiger partial charge >= 0.3 is 5.92 Å². The minimum absolute atomic E-state index is 0.212. The smallest absolute Gasteiger partial charge is 0.319 e. The summed E-state index contributed by atoms with van der Waals surface area (Å²) < 4.78 is 29.9. The summed E-state index contributed by atoms with van der Waals surface area (Å²) in [5.41, 5.74) is -0.795. The van der Waals surface area contributed by atoms with Gasteiger partial charge in [-0.25, -0.2) is 4.98 Å². The average Bonchev–Trinajstić information content (AvgIpc) is 2.60. The van der Waals surface area contributed by atoms with Gasteiger partial charge in [0.25, 0.3) is 5.89 Å². The molecule has 3 nitrogen and oxygen atoms in total. The van der Waals surface area contributed by atoms with Crippen LogP contribution in [0.4, 0.5) is 8.78 Å². The summed E-state index contributed by atoms with van der Waals surface area (Å²) in [6, 6.07) is 0. The Morgan fingerprint density at radius 1 is 1.62 bits per heavy atom. The molecule has 0 unspecified atom stereocenters. The van der Waals surface area contributed by atoms with Gasteiger partial charge in [-0.1, -0.05) is 0 Å². The fourth-order valence-corrected chi connectivity index (χ4v) is 1.06. The van der Waals surface area contributed by atoms with E-state index >= 15 is 0 Å². The number of halogens is 2. The van der Waals surface area contributed by atoms with Crippen molar-refractivity contribution in [1.82, 2.24) is 4.98 Å². The second-order valence-corrected chi connectivity index (χ2v) is 3.46. The SMILES string of the molecule is CC(F)(F)c1nc(C2(O)CC2)co1. The van der Waals surface area contributed by atoms with Gasteiger partial charge in [0.05, 0.1) is 0 Å². The molecular weight excluding hydrogens is 180 g/mol. The number of hydrogen-bond donors (Lipinski definition) is 1. The van der Waals surface area contributed by atoms with Crippen molar-refractivity contribution in [3.05, 3.63) is 17.8 Å². The van der Waals surface area contributed by atoms with Gasteiger partial charge in [0.2, 0.25) is 0 Å². The van der Waals surface area contributed by atoms with Crippen LogP contribution in [0, 0.1) is 0 Å². The second kappa shape index (κ2) is 2.29. The first kappa shape index (κ1) is 8.62. The number of aliphatic hydroxyl groups is 1. The first-order valence-corrected chi connectivity index (χ1v) is 3.98. The van der Waals surface area contributed by atoms with Crippen molar-refractivity contribution in [2.45, 2.75) is 31.3 Å². The van der Waals surface area contributed by atoms with E-state index < -0.39 is 17.4 Å². The van der Waals surface area contributed by atoms with Crippen LogP contribution in [0.2, 0.25) is 0 Å². The number of nitrogens with zero attached hydrogens (tertiary/aromatic N) is 1. The molecule has 0 radical (unpaired) electrons. The van der Waals surface area contributed by atoms with Crippen LogP contribution < -0.4 is 0 Å². The molecule has 5 heteroatoms. The third-order valence-electron chi connectivity index (χ3n) is 2.08. The number of oxazole rings is 1. The van der Waals surface area contributed by atoms with E-state index in [0.29, 0.717) is 19.8 Å². The molecular formula is C8H9F2NO2. The topological polar surface area (TPSA) is 46.3 Å². The highest BCUT2D eigenvalue weighted by molar-refractivity contribution is 5.16. The predicted octanol–water partition coefficient (Wildman–Crippen LogP) is 1.77. The Kier molecular flexibility index (Phi) is 1.52. The lowest BCUT2D eigenvalue weighted by molar-refractivity contribution is -0.0110. The summed E-state index contributed by atoms with van der Waals surface area (Å²) >= 11 is 0. The monoisotopic (exact) mass is 189 g/mol. The zero-order valence-corrected chi connectivity index (χ0v) is 7.05. The summed E-state index contributed by atoms with van der Waals surface area (Å²) in [6.07, 6.45) is 2.22. The van der Waals surface area contributed by atoms with E-state index in [1.54, 1.807) is 0 Å². The van der Waals surface area contributed by atoms with Crippen LogP contribution in [0.25, 0.3) is 0 Å². The lowest BCUT2D eigenvalue weighted by Crippen LogP contribution is -2.10. The zero-order valence-electron chi connectivity index (χ0n) is 7.05. The van der Waals surface area contributed by atoms with Crippen molar-refractivity contribution >= 4 is 0 Å². The molecule has 1 aromatic heterocycles. The van der Waals surface area contributed by atoms with Crippen molar-refractivity contribution in [2.75, 3.05) is 0 Å². The number of aromatic nitrogens is 1. The Labute approximate surface area is 73.4 Å². The van der Waals surface area contributed by atoms with Crippen LogP contribution in [-0.2, 0) is 11.5 Å². The van der Waals surface area contributed by atoms with E-state index in [-0.39, 0.29) is 5.69 Å². The van der Waals surface area contributed by atoms with Gasteiger partial charge in [-0.3, -0.25) is 0 Å². The van der Waals surface area contributed by atoms with Crippen molar-refractivity contribution in [3.63, 3.8) is 0 Å². The van der Waals surface area contributed by atoms with Crippen LogP contribution >= 0.6 is 0 Å². The summed E-state index contributed by atoms with van der Waals surface area (Å²) in [5, 5.41) is 9.51. The second-order valence-electron chi connectivity index (χ2n) is 3.46. The van der Waals surface area contributed by atoms with Crippen LogP contribution in [-0.4, -0.2) is 10.1 Å². The zero-order chi connectivity index (χ0) is 9.69. The highest BCUT2D eigenvalue weighted by Gasteiger charge is 2.46. The van der Waals surface area contributed by atoms with Gasteiger partial charge in [-0.15, -0.1) is 0 Å². The van der Waals surface area contributed by atoms with Gasteiger partial charge < -0.3 is 9.52 Å². The fourth-order valence-electron chi connectivity index (χ4n) is 1.06. The maximum absolute atomic E-state index is 12.6. The quantitative estimate of drug-likeness (QED) is 0.771. The third kappa shape index (κ3) is 1.44. The average molecular weight is 189 g/mol. The lowest BCUT2D eigenvalue weighted by atomic mass is 10.2. The Morgan fingerprint density at radius 3 is 2.62 bits per heavy atom. The molecule has 1 fully saturated rings. The van der Waals surface area contributed by atoms with Gasteiger partial charge in [0, 0.05) is 6.92 Å². The molecule has 0 amide bonds. The maximum atomic E-state index is 12.6. The predicted molar refractivity (Wildman–Crippen MR) is 39.2 cm³/mol. The molecule has 1 saturated carbocycles. The van der Waals surface area contributed by atoms with Crippen molar-refractivity contribution in [3.8, 4) is 0 Å². The molecule has 0 aromatic carbocycles. The van der Waals surface area contributed by atoms with Crippen LogP contribution in [0.3, 0.4) is 0 Å². The number of alkyl halides is 2. The Hall–Kier alpha value is -0.970. The molecule has 1 aliphatic carbocycles. The Balaban J connectivity index is 2.29. The Morgan fingerprint density at radius 2 is 2.23 bits per heavy atom. The fraction of sp³-hybridized carbons (Fsp3) is 0.625. The first-order valence-electron chi connectivity index (χ1n) is 3.98. The first-order chi connectivity index (χ1) is 5.92. The van der Waals surface area contributed by atoms with Crippen molar-refractivity contribution < 1.29 is 18.3 Å². The van der Waals surface area contributed by atoms with Gasteiger partial charge in [0.15, 0.2) is 0 Å². The molecule has 0 saturated heterocycles. The molecule has 0 bridgehead atoms. The molecule has 0 atom stereocenters. The van der Waals surface area contributed by atoms with Gasteiger partial charge in [-0.2, -0.15) is 8.78 Å². The van der Waals surface area contributed by atoms with E-state index in [0.717, 1.165) is 6.26 Å². The molecule has 0 aliphatic heterocycles. The third-order valence-corrected chi connectivity index (χ3v) is 2.08. The van der Waals surface area contributed by atoms with Crippen LogP contribution in [0.1, 0.15) is 31.4 Å². The van der Waals surface area contributed by atoms with Crippen molar-refractivity contribution in [2.24, 2.45) is 0 Å². The maximum Gasteiger partial charge on any atom is 0.319 e. The van der Waals surface area contributed by atoms with Crippen LogP contribution in [0.5, 0.6) is 0 Å². The highest BCUT2D eigenvalue weighted by atomic mass is 19.3. The molecule has 1 aliphatic rings. The highest BCUT2D eigenvalue weighted by Crippen LogP contribution is 2.45. The van der Waals surface area contributed by atoms with Gasteiger partial charge in [0.1, 0.15) is 17.6 Å². The standard InChI is InChI=1S/C8H9F2NO2/c1-7(9,10)6-11-5(4-13-6)8(12)2-3-8/h4,12H,2-3H2,1H3. The van der Waals surface area contributed by atoms with E-state index in [1.165, 1.54) is 0 Å². The van der Waals surface area contributed by atoms with E-state index in [2.05, 4.69) is 9.40 Å². The molecule has 13 heavy (non-hydrogen) atoms. The largest absolute Gasteiger partial charge is 0.443 e. The van der Waals surface area contributed by atoms with Gasteiger partial charge in [-0.05, 0) is 12.8 Å². The molecule has 1 aromatic rings. The minimum Gasteiger partial charge on any atom is -0.443 e. The molecule has 72 valence electrons. The molecule has 2 rings (SSSR count). The summed E-state index contributed by atoms with van der Waals surface area (Å²) in [4.78, 5) is 3.55. The van der Waals surface area contributed by atoms with Crippen LogP contribution in [0.15, 0.2) is 10.7 Å².